The molecule has 0 aliphatic heterocycles. The number of nitrogens with one attached hydrogen (secondary N) is 2. The number of nitrogens with zero attached hydrogens (tertiary/aromatic N) is 2. The molecule has 0 unspecified atom stereocenters. The van der Waals surface area contributed by atoms with E-state index < -0.39 is 29.4 Å². The van der Waals surface area contributed by atoms with E-state index >= 15 is 0 Å². The highest BCUT2D eigenvalue weighted by Crippen LogP contribution is 2.28. The molecule has 0 fully saturated rings. The zero-order valence-corrected chi connectivity index (χ0v) is 37.7. The molecule has 3 aromatic carbocycles. The molecule has 0 heterocycles. The van der Waals surface area contributed by atoms with Crippen molar-refractivity contribution in [2.24, 2.45) is 10.4 Å². The number of halogens is 1. The molecule has 0 saturated carbocycles. The zero-order valence-electron chi connectivity index (χ0n) is 36.9. The third-order valence-electron chi connectivity index (χ3n) is 7.62. The molecule has 3 rings (SSSR count). The minimum Gasteiger partial charge on any atom is -0.444 e. The molecule has 16 heteroatoms. The molecule has 330 valence electrons. The van der Waals surface area contributed by atoms with Gasteiger partial charge >= 0.3 is 30.5 Å². The van der Waals surface area contributed by atoms with E-state index in [1.807, 2.05) is 11.0 Å². The van der Waals surface area contributed by atoms with Crippen LogP contribution in [0.15, 0.2) is 71.7 Å². The van der Waals surface area contributed by atoms with Crippen LogP contribution in [0.2, 0.25) is 5.02 Å². The number of alkyl carbamates (subject to hydrolysis) is 2. The number of benzene rings is 3. The van der Waals surface area contributed by atoms with Crippen LogP contribution in [0.4, 0.5) is 15.3 Å². The van der Waals surface area contributed by atoms with Gasteiger partial charge in [0.1, 0.15) is 17.0 Å². The molecule has 2 N–H and O–H groups in total. The van der Waals surface area contributed by atoms with Crippen LogP contribution < -0.4 is 15.4 Å². The second-order valence-electron chi connectivity index (χ2n) is 17.8. The molecule has 0 aliphatic carbocycles. The smallest absolute Gasteiger partial charge is 0.414 e. The first-order valence-corrected chi connectivity index (χ1v) is 19.5. The monoisotopic (exact) mass is 864 g/mol. The normalized spacial score (nSPS) is 11.0. The summed E-state index contributed by atoms with van der Waals surface area (Å²) in [6.07, 6.45) is -0.174. The quantitative estimate of drug-likeness (QED) is 0.0901. The first kappa shape index (κ1) is 52.9. The lowest BCUT2D eigenvalue weighted by Gasteiger charge is -2.30. The zero-order chi connectivity index (χ0) is 46.8. The molecular weight excluding hydrogens is 808 g/mol. The SMILES string of the molecule is CC(C)(C)CN(Cc1ccc(OC(=O)c2ccc(N=C(NC(=O)OC(C)(C)C)NC(=O)OC(C)(C)C)cc2)cc1Cl)C(=O)CCc1cccc(C(C)(C)C)c1.O=C=O.O=C=O. The number of esters is 1. The number of aliphatic imine (C=N–C) groups is 1. The Bertz CT molecular complexity index is 2020. The summed E-state index contributed by atoms with van der Waals surface area (Å²) >= 11 is 6.70. The van der Waals surface area contributed by atoms with Crippen molar-refractivity contribution in [2.75, 3.05) is 6.54 Å². The fourth-order valence-corrected chi connectivity index (χ4v) is 5.42. The van der Waals surface area contributed by atoms with E-state index in [2.05, 4.69) is 75.4 Å². The van der Waals surface area contributed by atoms with Crippen LogP contribution in [0.5, 0.6) is 5.75 Å². The second kappa shape index (κ2) is 23.6. The molecule has 0 radical (unpaired) electrons. The number of carbonyl (C=O) groups is 4. The highest BCUT2D eigenvalue weighted by atomic mass is 35.5. The lowest BCUT2D eigenvalue weighted by molar-refractivity contribution is -0.193. The number of guanidine groups is 1. The summed E-state index contributed by atoms with van der Waals surface area (Å²) in [5, 5.41) is 5.20. The van der Waals surface area contributed by atoms with E-state index in [0.717, 1.165) is 11.1 Å². The van der Waals surface area contributed by atoms with Gasteiger partial charge in [-0.2, -0.15) is 19.2 Å². The molecule has 0 bridgehead atoms. The fraction of sp³-hybridized carbons (Fsp3) is 0.444. The summed E-state index contributed by atoms with van der Waals surface area (Å²) in [7, 11) is 0. The van der Waals surface area contributed by atoms with Crippen LogP contribution in [-0.4, -0.2) is 65.0 Å². The predicted molar refractivity (Wildman–Crippen MR) is 227 cm³/mol. The molecule has 61 heavy (non-hydrogen) atoms. The van der Waals surface area contributed by atoms with Crippen molar-refractivity contribution in [2.45, 2.75) is 119 Å². The third kappa shape index (κ3) is 22.2. The molecular formula is C45H57ClN4O11. The van der Waals surface area contributed by atoms with Gasteiger partial charge in [-0.3, -0.25) is 15.4 Å². The topological polar surface area (TPSA) is 204 Å². The van der Waals surface area contributed by atoms with Gasteiger partial charge in [0, 0.05) is 24.5 Å². The number of carbonyl (C=O) groups excluding carboxylic acids is 8. The minimum atomic E-state index is -0.835. The van der Waals surface area contributed by atoms with Crippen molar-refractivity contribution >= 4 is 59.6 Å². The van der Waals surface area contributed by atoms with Gasteiger partial charge in [0.2, 0.25) is 11.9 Å². The van der Waals surface area contributed by atoms with Crippen LogP contribution >= 0.6 is 11.6 Å². The Hall–Kier alpha value is -6.14. The highest BCUT2D eigenvalue weighted by Gasteiger charge is 2.24. The van der Waals surface area contributed by atoms with Gasteiger partial charge in [-0.1, -0.05) is 83.5 Å². The van der Waals surface area contributed by atoms with E-state index in [1.165, 1.54) is 29.8 Å². The van der Waals surface area contributed by atoms with Crippen molar-refractivity contribution in [1.29, 1.82) is 0 Å². The predicted octanol–water partition coefficient (Wildman–Crippen LogP) is 8.73. The van der Waals surface area contributed by atoms with Crippen LogP contribution in [-0.2, 0) is 51.8 Å². The summed E-state index contributed by atoms with van der Waals surface area (Å²) in [6.45, 7) is 23.8. The van der Waals surface area contributed by atoms with Crippen LogP contribution in [0.1, 0.15) is 117 Å². The van der Waals surface area contributed by atoms with Gasteiger partial charge in [-0.05, 0) is 112 Å². The van der Waals surface area contributed by atoms with E-state index in [1.54, 1.807) is 59.7 Å². The lowest BCUT2D eigenvalue weighted by Crippen LogP contribution is -2.47. The van der Waals surface area contributed by atoms with Crippen molar-refractivity contribution < 1.29 is 52.6 Å². The van der Waals surface area contributed by atoms with Gasteiger partial charge in [-0.15, -0.1) is 0 Å². The summed E-state index contributed by atoms with van der Waals surface area (Å²) in [4.78, 5) is 90.2. The number of amides is 3. The first-order valence-electron chi connectivity index (χ1n) is 19.1. The maximum absolute atomic E-state index is 13.6. The molecule has 0 atom stereocenters. The summed E-state index contributed by atoms with van der Waals surface area (Å²) in [6, 6.07) is 19.4. The van der Waals surface area contributed by atoms with Crippen LogP contribution in [0, 0.1) is 5.41 Å². The van der Waals surface area contributed by atoms with Crippen molar-refractivity contribution in [1.82, 2.24) is 15.5 Å². The number of aryl methyl sites for hydroxylation is 1. The Balaban J connectivity index is 0.00000292. The van der Waals surface area contributed by atoms with E-state index in [4.69, 9.17) is 45.0 Å². The van der Waals surface area contributed by atoms with Crippen molar-refractivity contribution in [3.05, 3.63) is 94.0 Å². The Labute approximate surface area is 362 Å². The number of hydrogen-bond acceptors (Lipinski definition) is 12. The average Bonchev–Trinajstić information content (AvgIpc) is 3.10. The lowest BCUT2D eigenvalue weighted by atomic mass is 9.86. The largest absolute Gasteiger partial charge is 0.444 e. The second-order valence-corrected chi connectivity index (χ2v) is 18.2. The molecule has 3 aromatic rings. The van der Waals surface area contributed by atoms with Gasteiger partial charge in [0.05, 0.1) is 11.3 Å². The summed E-state index contributed by atoms with van der Waals surface area (Å²) in [5.74, 6) is -0.608. The fourth-order valence-electron chi connectivity index (χ4n) is 5.19. The maximum atomic E-state index is 13.6. The highest BCUT2D eigenvalue weighted by molar-refractivity contribution is 6.31. The molecule has 0 saturated heterocycles. The number of hydrogen-bond donors (Lipinski definition) is 2. The Morgan fingerprint density at radius 1 is 0.721 bits per heavy atom. The summed E-state index contributed by atoms with van der Waals surface area (Å²) in [5.41, 5.74) is 1.90. The third-order valence-corrected chi connectivity index (χ3v) is 7.97. The standard InChI is InChI=1S/C43H57ClN4O7.2CO2/c1-40(2,3)27-48(35(49)23-16-28-14-13-15-31(24-28)41(4,5)6)26-30-19-22-33(25-34(30)44)53-36(50)29-17-20-32(21-18-29)45-37(46-38(51)54-42(7,8)9)47-39(52)55-43(10,11)12;2*2-1-3/h13-15,17-22,24-25H,16,23,26-27H2,1-12H3,(H2,45,46,47,51,52);;. The van der Waals surface area contributed by atoms with Crippen molar-refractivity contribution in [3.8, 4) is 5.75 Å². The van der Waals surface area contributed by atoms with Gasteiger partial charge in [-0.25, -0.2) is 19.4 Å². The Morgan fingerprint density at radius 3 is 1.70 bits per heavy atom. The number of rotatable bonds is 9. The molecule has 0 aromatic heterocycles. The number of ether oxygens (including phenoxy) is 3. The van der Waals surface area contributed by atoms with Crippen molar-refractivity contribution in [3.63, 3.8) is 0 Å². The van der Waals surface area contributed by atoms with Gasteiger partial charge in [0.25, 0.3) is 0 Å². The Kier molecular flexibility index (Phi) is 20.5. The first-order chi connectivity index (χ1) is 28.1. The van der Waals surface area contributed by atoms with E-state index in [0.29, 0.717) is 36.6 Å². The van der Waals surface area contributed by atoms with Gasteiger partial charge < -0.3 is 19.1 Å². The molecule has 0 spiro atoms. The summed E-state index contributed by atoms with van der Waals surface area (Å²) < 4.78 is 16.2. The maximum Gasteiger partial charge on any atom is 0.414 e. The Morgan fingerprint density at radius 2 is 1.25 bits per heavy atom. The molecule has 15 nitrogen and oxygen atoms in total. The van der Waals surface area contributed by atoms with Crippen LogP contribution in [0.25, 0.3) is 0 Å². The average molecular weight is 865 g/mol. The van der Waals surface area contributed by atoms with Crippen LogP contribution in [0.3, 0.4) is 0 Å². The van der Waals surface area contributed by atoms with E-state index in [-0.39, 0.29) is 46.3 Å². The minimum absolute atomic E-state index is 0.0205. The van der Waals surface area contributed by atoms with Gasteiger partial charge in [0.15, 0.2) is 0 Å². The molecule has 0 aliphatic rings. The van der Waals surface area contributed by atoms with E-state index in [9.17, 15) is 19.2 Å². The molecule has 3 amide bonds.